The number of hydrogen-bond donors (Lipinski definition) is 1. The first kappa shape index (κ1) is 32.2. The second kappa shape index (κ2) is 14.8. The average molecular weight is 648 g/mol. The van der Waals surface area contributed by atoms with E-state index in [1.165, 1.54) is 11.1 Å². The van der Waals surface area contributed by atoms with Gasteiger partial charge in [-0.3, -0.25) is 24.6 Å². The first-order chi connectivity index (χ1) is 22.9. The molecule has 240 valence electrons. The Hall–Kier alpha value is -4.72. The molecule has 1 N–H and O–H groups in total. The minimum absolute atomic E-state index is 0.157. The van der Waals surface area contributed by atoms with Gasteiger partial charge in [0.2, 0.25) is 11.8 Å². The molecule has 1 atom stereocenters. The summed E-state index contributed by atoms with van der Waals surface area (Å²) in [5.41, 5.74) is 8.41. The van der Waals surface area contributed by atoms with E-state index in [1.807, 2.05) is 49.5 Å². The molecule has 1 fully saturated rings. The van der Waals surface area contributed by atoms with Gasteiger partial charge in [-0.05, 0) is 77.1 Å². The van der Waals surface area contributed by atoms with Gasteiger partial charge in [-0.1, -0.05) is 84.9 Å². The lowest BCUT2D eigenvalue weighted by atomic mass is 9.88. The van der Waals surface area contributed by atoms with Crippen molar-refractivity contribution in [1.29, 1.82) is 0 Å². The molecule has 1 unspecified atom stereocenters. The number of fused-ring (bicyclic) bond motifs is 1. The van der Waals surface area contributed by atoms with Gasteiger partial charge in [-0.25, -0.2) is 0 Å². The zero-order valence-electron chi connectivity index (χ0n) is 26.5. The number of hydrogen-bond acceptors (Lipinski definition) is 5. The number of amides is 3. The molecule has 0 bridgehead atoms. The molecule has 0 radical (unpaired) electrons. The number of alkyl halides is 1. The van der Waals surface area contributed by atoms with E-state index in [0.29, 0.717) is 44.1 Å². The summed E-state index contributed by atoms with van der Waals surface area (Å²) in [5, 5.41) is 2.36. The molecule has 2 heterocycles. The number of carbonyl (C=O) groups is 3. The molecule has 0 aliphatic carbocycles. The van der Waals surface area contributed by atoms with E-state index in [4.69, 9.17) is 16.3 Å². The average Bonchev–Trinajstić information content (AvgIpc) is 3.41. The fraction of sp³-hybridized carbons (Fsp3) is 0.256. The molecule has 6 rings (SSSR count). The van der Waals surface area contributed by atoms with Crippen LogP contribution in [-0.4, -0.2) is 59.6 Å². The minimum atomic E-state index is -0.609. The van der Waals surface area contributed by atoms with E-state index in [9.17, 15) is 14.4 Å². The van der Waals surface area contributed by atoms with Crippen LogP contribution >= 0.6 is 11.6 Å². The highest BCUT2D eigenvalue weighted by atomic mass is 35.5. The van der Waals surface area contributed by atoms with Gasteiger partial charge in [-0.15, -0.1) is 11.6 Å². The van der Waals surface area contributed by atoms with Gasteiger partial charge >= 0.3 is 0 Å². The Morgan fingerprint density at radius 2 is 1.57 bits per heavy atom. The number of likely N-dealkylation sites (N-methyl/N-ethyl adjacent to an activating group) is 1. The van der Waals surface area contributed by atoms with Crippen LogP contribution in [0.4, 0.5) is 0 Å². The number of piperidine rings is 1. The van der Waals surface area contributed by atoms with Crippen LogP contribution < -0.4 is 10.1 Å². The highest BCUT2D eigenvalue weighted by molar-refractivity contribution is 6.18. The lowest BCUT2D eigenvalue weighted by Crippen LogP contribution is -2.52. The van der Waals surface area contributed by atoms with Gasteiger partial charge in [0.1, 0.15) is 18.4 Å². The highest BCUT2D eigenvalue weighted by Gasteiger charge is 2.39. The van der Waals surface area contributed by atoms with Crippen LogP contribution in [0.15, 0.2) is 103 Å². The third-order valence-corrected chi connectivity index (χ3v) is 8.95. The molecule has 2 aliphatic rings. The Bertz CT molecular complexity index is 1770. The maximum absolute atomic E-state index is 13.0. The lowest BCUT2D eigenvalue weighted by Gasteiger charge is -2.29. The molecule has 7 nitrogen and oxygen atoms in total. The number of nitrogens with one attached hydrogen (secondary N) is 1. The van der Waals surface area contributed by atoms with Crippen molar-refractivity contribution in [2.24, 2.45) is 0 Å². The van der Waals surface area contributed by atoms with Crippen molar-refractivity contribution in [2.75, 3.05) is 26.1 Å². The molecule has 2 aliphatic heterocycles. The van der Waals surface area contributed by atoms with Crippen LogP contribution in [0.25, 0.3) is 11.1 Å². The van der Waals surface area contributed by atoms with Gasteiger partial charge in [0.15, 0.2) is 0 Å². The standard InChI is InChI=1S/C39H38ClN3O4/c1-42(25-27-12-17-34-31(24-27)26-43(39(34)46)35-18-19-36(44)41-38(35)45)22-23-47-32-15-13-30(14-16-32)37(29-10-6-3-7-11-29)33(20-21-40)28-8-4-2-5-9-28/h2-17,24,35H,18-23,25-26H2,1H3,(H,41,44,45). The summed E-state index contributed by atoms with van der Waals surface area (Å²) in [5.74, 6) is 0.493. The number of rotatable bonds is 12. The summed E-state index contributed by atoms with van der Waals surface area (Å²) in [7, 11) is 2.04. The summed E-state index contributed by atoms with van der Waals surface area (Å²) in [4.78, 5) is 40.7. The van der Waals surface area contributed by atoms with Crippen LogP contribution in [0, 0.1) is 0 Å². The Morgan fingerprint density at radius 3 is 2.26 bits per heavy atom. The van der Waals surface area contributed by atoms with E-state index >= 15 is 0 Å². The van der Waals surface area contributed by atoms with Crippen LogP contribution in [0.3, 0.4) is 0 Å². The fourth-order valence-corrected chi connectivity index (χ4v) is 6.61. The van der Waals surface area contributed by atoms with Crippen LogP contribution in [0.5, 0.6) is 5.75 Å². The predicted octanol–water partition coefficient (Wildman–Crippen LogP) is 6.55. The molecule has 4 aromatic carbocycles. The quantitative estimate of drug-likeness (QED) is 0.107. The van der Waals surface area contributed by atoms with Crippen molar-refractivity contribution in [3.05, 3.63) is 137 Å². The topological polar surface area (TPSA) is 79.0 Å². The summed E-state index contributed by atoms with van der Waals surface area (Å²) < 4.78 is 6.14. The summed E-state index contributed by atoms with van der Waals surface area (Å²) >= 11 is 6.30. The second-order valence-electron chi connectivity index (χ2n) is 12.0. The van der Waals surface area contributed by atoms with Gasteiger partial charge in [0.05, 0.1) is 0 Å². The Labute approximate surface area is 280 Å². The number of imide groups is 1. The number of carbonyl (C=O) groups excluding carboxylic acids is 3. The highest BCUT2D eigenvalue weighted by Crippen LogP contribution is 2.35. The Kier molecular flexibility index (Phi) is 10.1. The normalized spacial score (nSPS) is 16.6. The maximum atomic E-state index is 13.0. The van der Waals surface area contributed by atoms with Gasteiger partial charge in [-0.2, -0.15) is 0 Å². The van der Waals surface area contributed by atoms with Gasteiger partial charge in [0, 0.05) is 37.5 Å². The van der Waals surface area contributed by atoms with Crippen molar-refractivity contribution in [2.45, 2.75) is 38.4 Å². The van der Waals surface area contributed by atoms with Crippen molar-refractivity contribution in [3.8, 4) is 5.75 Å². The van der Waals surface area contributed by atoms with E-state index < -0.39 is 11.9 Å². The maximum Gasteiger partial charge on any atom is 0.255 e. The molecule has 47 heavy (non-hydrogen) atoms. The number of benzene rings is 4. The third-order valence-electron chi connectivity index (χ3n) is 8.76. The molecule has 0 saturated carbocycles. The zero-order chi connectivity index (χ0) is 32.8. The Morgan fingerprint density at radius 1 is 0.894 bits per heavy atom. The summed E-state index contributed by atoms with van der Waals surface area (Å²) in [6.07, 6.45) is 1.35. The Balaban J connectivity index is 1.08. The van der Waals surface area contributed by atoms with Crippen LogP contribution in [0.2, 0.25) is 0 Å². The SMILES string of the molecule is CN(CCOc1ccc(C(=C(CCCl)c2ccccc2)c2ccccc2)cc1)Cc1ccc2c(c1)CN(C1CCC(=O)NC1=O)C2=O. The summed E-state index contributed by atoms with van der Waals surface area (Å²) in [6, 6.07) is 34.4. The first-order valence-electron chi connectivity index (χ1n) is 16.0. The van der Waals surface area contributed by atoms with E-state index in [1.54, 1.807) is 4.90 Å². The number of allylic oxidation sites excluding steroid dienone is 1. The molecule has 1 saturated heterocycles. The molecular weight excluding hydrogens is 610 g/mol. The number of halogens is 1. The van der Waals surface area contributed by atoms with Crippen molar-refractivity contribution in [1.82, 2.24) is 15.1 Å². The molecule has 3 amide bonds. The smallest absolute Gasteiger partial charge is 0.255 e. The molecule has 4 aromatic rings. The van der Waals surface area contributed by atoms with E-state index in [2.05, 4.69) is 70.9 Å². The monoisotopic (exact) mass is 647 g/mol. The minimum Gasteiger partial charge on any atom is -0.492 e. The van der Waals surface area contributed by atoms with Crippen LogP contribution in [0.1, 0.15) is 57.4 Å². The first-order valence-corrected chi connectivity index (χ1v) is 16.5. The molecular formula is C39H38ClN3O4. The molecule has 0 spiro atoms. The van der Waals surface area contributed by atoms with Crippen molar-refractivity contribution < 1.29 is 19.1 Å². The fourth-order valence-electron chi connectivity index (χ4n) is 6.42. The van der Waals surface area contributed by atoms with Crippen molar-refractivity contribution >= 4 is 40.5 Å². The van der Waals surface area contributed by atoms with Crippen LogP contribution in [-0.2, 0) is 22.7 Å². The van der Waals surface area contributed by atoms with E-state index in [0.717, 1.165) is 40.0 Å². The molecule has 0 aromatic heterocycles. The predicted molar refractivity (Wildman–Crippen MR) is 185 cm³/mol. The van der Waals surface area contributed by atoms with Gasteiger partial charge < -0.3 is 9.64 Å². The summed E-state index contributed by atoms with van der Waals surface area (Å²) in [6.45, 7) is 2.29. The van der Waals surface area contributed by atoms with Gasteiger partial charge in [0.25, 0.3) is 5.91 Å². The zero-order valence-corrected chi connectivity index (χ0v) is 27.2. The third kappa shape index (κ3) is 7.48. The molecule has 8 heteroatoms. The van der Waals surface area contributed by atoms with Crippen molar-refractivity contribution in [3.63, 3.8) is 0 Å². The lowest BCUT2D eigenvalue weighted by molar-refractivity contribution is -0.136. The number of nitrogens with zero attached hydrogens (tertiary/aromatic N) is 2. The number of ether oxygens (including phenoxy) is 1. The second-order valence-corrected chi connectivity index (χ2v) is 12.4. The largest absolute Gasteiger partial charge is 0.492 e. The van der Waals surface area contributed by atoms with E-state index in [-0.39, 0.29) is 18.2 Å².